The number of hydrogen-bond acceptors (Lipinski definition) is 5. The topological polar surface area (TPSA) is 50.3 Å². The van der Waals surface area contributed by atoms with E-state index in [2.05, 4.69) is 33.2 Å². The predicted molar refractivity (Wildman–Crippen MR) is 82.3 cm³/mol. The van der Waals surface area contributed by atoms with Gasteiger partial charge in [0, 0.05) is 32.2 Å². The molecule has 0 spiro atoms. The summed E-state index contributed by atoms with van der Waals surface area (Å²) in [6.07, 6.45) is 3.12. The first kappa shape index (κ1) is 14.3. The number of aromatic nitrogens is 2. The van der Waals surface area contributed by atoms with E-state index in [0.29, 0.717) is 5.15 Å². The lowest BCUT2D eigenvalue weighted by Crippen LogP contribution is -2.44. The number of hydrogen-bond donors (Lipinski definition) is 1. The molecule has 1 N–H and O–H groups in total. The van der Waals surface area contributed by atoms with Gasteiger partial charge in [0.25, 0.3) is 0 Å². The van der Waals surface area contributed by atoms with Gasteiger partial charge < -0.3 is 9.64 Å². The molecule has 0 bridgehead atoms. The Kier molecular flexibility index (Phi) is 3.80. The molecule has 0 fully saturated rings. The Morgan fingerprint density at radius 3 is 2.76 bits per heavy atom. The second-order valence-corrected chi connectivity index (χ2v) is 5.45. The molecule has 110 valence electrons. The highest BCUT2D eigenvalue weighted by Crippen LogP contribution is 2.39. The minimum absolute atomic E-state index is 0.0826. The molecular weight excluding hydrogens is 288 g/mol. The minimum atomic E-state index is -0.315. The monoisotopic (exact) mass is 304 g/mol. The van der Waals surface area contributed by atoms with E-state index in [4.69, 9.17) is 16.3 Å². The average molecular weight is 305 g/mol. The molecule has 0 aromatic carbocycles. The predicted octanol–water partition coefficient (Wildman–Crippen LogP) is 2.82. The largest absolute Gasteiger partial charge is 0.362 e. The summed E-state index contributed by atoms with van der Waals surface area (Å²) in [4.78, 5) is 10.7. The maximum absolute atomic E-state index is 6.23. The maximum atomic E-state index is 6.23. The van der Waals surface area contributed by atoms with Crippen LogP contribution in [0.3, 0.4) is 0 Å². The molecule has 0 saturated carbocycles. The van der Waals surface area contributed by atoms with Crippen LogP contribution in [0.25, 0.3) is 0 Å². The SMILES string of the molecule is COC1NC(c2cc(C)ccn2)N(C)c2ccnc(Cl)c21. The third-order valence-corrected chi connectivity index (χ3v) is 4.01. The lowest BCUT2D eigenvalue weighted by atomic mass is 10.1. The first-order valence-electron chi connectivity index (χ1n) is 6.70. The van der Waals surface area contributed by atoms with Crippen LogP contribution in [0.4, 0.5) is 5.69 Å². The van der Waals surface area contributed by atoms with Crippen LogP contribution in [0.15, 0.2) is 30.6 Å². The zero-order valence-corrected chi connectivity index (χ0v) is 12.9. The second-order valence-electron chi connectivity index (χ2n) is 5.09. The van der Waals surface area contributed by atoms with Gasteiger partial charge in [0.2, 0.25) is 0 Å². The van der Waals surface area contributed by atoms with Crippen molar-refractivity contribution in [2.75, 3.05) is 19.1 Å². The zero-order chi connectivity index (χ0) is 15.0. The van der Waals surface area contributed by atoms with Crippen molar-refractivity contribution < 1.29 is 4.74 Å². The Morgan fingerprint density at radius 2 is 2.05 bits per heavy atom. The summed E-state index contributed by atoms with van der Waals surface area (Å²) >= 11 is 6.23. The lowest BCUT2D eigenvalue weighted by Gasteiger charge is -2.40. The van der Waals surface area contributed by atoms with Crippen LogP contribution < -0.4 is 10.2 Å². The fraction of sp³-hybridized carbons (Fsp3) is 0.333. The van der Waals surface area contributed by atoms with Gasteiger partial charge in [-0.25, -0.2) is 4.98 Å². The fourth-order valence-corrected chi connectivity index (χ4v) is 2.90. The Balaban J connectivity index is 2.07. The first-order chi connectivity index (χ1) is 10.1. The molecular formula is C15H17ClN4O. The van der Waals surface area contributed by atoms with Crippen molar-refractivity contribution in [2.45, 2.75) is 19.3 Å². The summed E-state index contributed by atoms with van der Waals surface area (Å²) in [6.45, 7) is 2.05. The molecule has 0 saturated heterocycles. The highest BCUT2D eigenvalue weighted by atomic mass is 35.5. The van der Waals surface area contributed by atoms with E-state index in [-0.39, 0.29) is 12.4 Å². The van der Waals surface area contributed by atoms with Gasteiger partial charge in [-0.1, -0.05) is 11.6 Å². The van der Waals surface area contributed by atoms with Crippen LogP contribution in [0, 0.1) is 6.92 Å². The number of rotatable bonds is 2. The van der Waals surface area contributed by atoms with Crippen LogP contribution in [-0.4, -0.2) is 24.1 Å². The van der Waals surface area contributed by atoms with Crippen molar-refractivity contribution in [1.82, 2.24) is 15.3 Å². The first-order valence-corrected chi connectivity index (χ1v) is 7.08. The number of ether oxygens (including phenoxy) is 1. The van der Waals surface area contributed by atoms with E-state index < -0.39 is 0 Å². The second kappa shape index (κ2) is 5.60. The third-order valence-electron chi connectivity index (χ3n) is 3.71. The van der Waals surface area contributed by atoms with Gasteiger partial charge in [-0.2, -0.15) is 0 Å². The Bertz CT molecular complexity index is 664. The van der Waals surface area contributed by atoms with Crippen molar-refractivity contribution in [3.63, 3.8) is 0 Å². The van der Waals surface area contributed by atoms with E-state index in [1.165, 1.54) is 5.56 Å². The average Bonchev–Trinajstić information content (AvgIpc) is 2.48. The van der Waals surface area contributed by atoms with E-state index in [1.54, 1.807) is 13.3 Å². The third kappa shape index (κ3) is 2.48. The zero-order valence-electron chi connectivity index (χ0n) is 12.2. The molecule has 1 aliphatic rings. The number of anilines is 1. The van der Waals surface area contributed by atoms with Gasteiger partial charge in [-0.05, 0) is 30.7 Å². The molecule has 21 heavy (non-hydrogen) atoms. The van der Waals surface area contributed by atoms with Gasteiger partial charge in [0.05, 0.1) is 11.3 Å². The molecule has 2 aromatic heterocycles. The fourth-order valence-electron chi connectivity index (χ4n) is 2.64. The molecule has 0 amide bonds. The van der Waals surface area contributed by atoms with Gasteiger partial charge in [-0.3, -0.25) is 10.3 Å². The maximum Gasteiger partial charge on any atom is 0.140 e. The number of pyridine rings is 2. The van der Waals surface area contributed by atoms with E-state index in [9.17, 15) is 0 Å². The molecule has 2 aromatic rings. The molecule has 6 heteroatoms. The smallest absolute Gasteiger partial charge is 0.140 e. The summed E-state index contributed by atoms with van der Waals surface area (Å²) < 4.78 is 5.54. The van der Waals surface area contributed by atoms with E-state index in [1.807, 2.05) is 25.4 Å². The molecule has 3 heterocycles. The molecule has 0 radical (unpaired) electrons. The van der Waals surface area contributed by atoms with Crippen LogP contribution in [-0.2, 0) is 4.74 Å². The van der Waals surface area contributed by atoms with Crippen molar-refractivity contribution in [1.29, 1.82) is 0 Å². The van der Waals surface area contributed by atoms with E-state index >= 15 is 0 Å². The van der Waals surface area contributed by atoms with E-state index in [0.717, 1.165) is 16.9 Å². The van der Waals surface area contributed by atoms with Gasteiger partial charge in [0.15, 0.2) is 0 Å². The molecule has 1 aliphatic heterocycles. The van der Waals surface area contributed by atoms with Crippen molar-refractivity contribution in [3.8, 4) is 0 Å². The Labute approximate surface area is 128 Å². The van der Waals surface area contributed by atoms with Crippen LogP contribution in [0.2, 0.25) is 5.15 Å². The minimum Gasteiger partial charge on any atom is -0.362 e. The molecule has 0 aliphatic carbocycles. The number of fused-ring (bicyclic) bond motifs is 1. The van der Waals surface area contributed by atoms with Crippen LogP contribution >= 0.6 is 11.6 Å². The quantitative estimate of drug-likeness (QED) is 0.865. The van der Waals surface area contributed by atoms with Crippen molar-refractivity contribution in [3.05, 3.63) is 52.6 Å². The molecule has 5 nitrogen and oxygen atoms in total. The number of nitrogens with zero attached hydrogens (tertiary/aromatic N) is 3. The number of aryl methyl sites for hydroxylation is 1. The highest BCUT2D eigenvalue weighted by molar-refractivity contribution is 6.30. The van der Waals surface area contributed by atoms with Crippen LogP contribution in [0.5, 0.6) is 0 Å². The highest BCUT2D eigenvalue weighted by Gasteiger charge is 2.33. The van der Waals surface area contributed by atoms with Gasteiger partial charge >= 0.3 is 0 Å². The molecule has 3 rings (SSSR count). The lowest BCUT2D eigenvalue weighted by molar-refractivity contribution is 0.0561. The van der Waals surface area contributed by atoms with Gasteiger partial charge in [-0.15, -0.1) is 0 Å². The van der Waals surface area contributed by atoms with Crippen LogP contribution in [0.1, 0.15) is 29.2 Å². The summed E-state index contributed by atoms with van der Waals surface area (Å²) in [7, 11) is 3.65. The summed E-state index contributed by atoms with van der Waals surface area (Å²) in [5, 5.41) is 3.86. The van der Waals surface area contributed by atoms with Gasteiger partial charge in [0.1, 0.15) is 17.5 Å². The standard InChI is InChI=1S/C15H17ClN4O/c1-9-4-6-17-10(8-9)14-19-15(21-3)12-11(20(14)2)5-7-18-13(12)16/h4-8,14-15,19H,1-3H3. The van der Waals surface area contributed by atoms with Crippen molar-refractivity contribution >= 4 is 17.3 Å². The molecule has 2 atom stereocenters. The Hall–Kier alpha value is -1.69. The molecule has 2 unspecified atom stereocenters. The number of nitrogens with one attached hydrogen (secondary N) is 1. The summed E-state index contributed by atoms with van der Waals surface area (Å²) in [5.41, 5.74) is 3.96. The number of methoxy groups -OCH3 is 1. The normalized spacial score (nSPS) is 21.2. The van der Waals surface area contributed by atoms with Crippen molar-refractivity contribution in [2.24, 2.45) is 0 Å². The summed E-state index contributed by atoms with van der Waals surface area (Å²) in [6, 6.07) is 5.99. The Morgan fingerprint density at radius 1 is 1.29 bits per heavy atom. The number of halogens is 1. The summed E-state index contributed by atoms with van der Waals surface area (Å²) in [5.74, 6) is 0.